The van der Waals surface area contributed by atoms with E-state index in [0.717, 1.165) is 22.2 Å². The number of carboxylic acid groups (broad SMARTS) is 1. The summed E-state index contributed by atoms with van der Waals surface area (Å²) in [5.74, 6) is -1.18. The smallest absolute Gasteiger partial charge is 0.305 e. The topological polar surface area (TPSA) is 73.4 Å². The number of aromatic amines is 1. The van der Waals surface area contributed by atoms with Gasteiger partial charge in [0.2, 0.25) is 0 Å². The summed E-state index contributed by atoms with van der Waals surface area (Å²) >= 11 is 6.41. The molecule has 1 aliphatic heterocycles. The van der Waals surface area contributed by atoms with Crippen LogP contribution in [0.25, 0.3) is 17.0 Å². The fourth-order valence-corrected chi connectivity index (χ4v) is 3.81. The van der Waals surface area contributed by atoms with Crippen molar-refractivity contribution >= 4 is 57.2 Å². The second-order valence-corrected chi connectivity index (χ2v) is 6.86. The van der Waals surface area contributed by atoms with Crippen LogP contribution in [0, 0.1) is 6.92 Å². The molecule has 23 heavy (non-hydrogen) atoms. The maximum absolute atomic E-state index is 12.4. The van der Waals surface area contributed by atoms with E-state index in [-0.39, 0.29) is 18.9 Å². The van der Waals surface area contributed by atoms with Crippen molar-refractivity contribution in [3.8, 4) is 0 Å². The van der Waals surface area contributed by atoms with Gasteiger partial charge in [-0.15, -0.1) is 0 Å². The minimum atomic E-state index is -0.949. The van der Waals surface area contributed by atoms with Crippen LogP contribution in [0.5, 0.6) is 0 Å². The van der Waals surface area contributed by atoms with E-state index < -0.39 is 5.97 Å². The van der Waals surface area contributed by atoms with Crippen molar-refractivity contribution in [2.24, 2.45) is 0 Å². The molecule has 1 aliphatic rings. The lowest BCUT2D eigenvalue weighted by Crippen LogP contribution is -2.30. The summed E-state index contributed by atoms with van der Waals surface area (Å²) in [5.41, 5.74) is 2.94. The molecule has 3 rings (SSSR count). The van der Waals surface area contributed by atoms with Gasteiger partial charge in [0.15, 0.2) is 0 Å². The number of benzene rings is 1. The molecule has 0 atom stereocenters. The minimum Gasteiger partial charge on any atom is -0.481 e. The highest BCUT2D eigenvalue weighted by Gasteiger charge is 2.32. The molecule has 1 amide bonds. The number of rotatable bonds is 4. The Morgan fingerprint density at radius 3 is 2.91 bits per heavy atom. The van der Waals surface area contributed by atoms with Gasteiger partial charge in [-0.05, 0) is 19.1 Å². The third-order valence-electron chi connectivity index (χ3n) is 3.64. The number of H-pyrrole nitrogens is 1. The molecule has 7 heteroatoms. The maximum atomic E-state index is 12.4. The number of nitrogens with one attached hydrogen (secondary N) is 1. The normalized spacial score (nSPS) is 16.7. The van der Waals surface area contributed by atoms with Crippen LogP contribution < -0.4 is 0 Å². The van der Waals surface area contributed by atoms with E-state index in [1.54, 1.807) is 0 Å². The molecule has 1 saturated heterocycles. The van der Waals surface area contributed by atoms with E-state index in [0.29, 0.717) is 9.23 Å². The molecule has 2 aromatic rings. The largest absolute Gasteiger partial charge is 0.481 e. The minimum absolute atomic E-state index is 0.101. The molecule has 2 N–H and O–H groups in total. The molecule has 0 radical (unpaired) electrons. The van der Waals surface area contributed by atoms with Gasteiger partial charge >= 0.3 is 5.97 Å². The predicted octanol–water partition coefficient (Wildman–Crippen LogP) is 3.15. The number of aromatic nitrogens is 1. The Kier molecular flexibility index (Phi) is 4.23. The van der Waals surface area contributed by atoms with E-state index in [1.165, 1.54) is 16.7 Å². The fraction of sp³-hybridized carbons (Fsp3) is 0.188. The van der Waals surface area contributed by atoms with Gasteiger partial charge in [-0.2, -0.15) is 0 Å². The molecule has 1 aromatic heterocycles. The van der Waals surface area contributed by atoms with Gasteiger partial charge in [-0.25, -0.2) is 0 Å². The zero-order valence-electron chi connectivity index (χ0n) is 12.3. The van der Waals surface area contributed by atoms with Crippen LogP contribution in [-0.2, 0) is 9.59 Å². The monoisotopic (exact) mass is 346 g/mol. The summed E-state index contributed by atoms with van der Waals surface area (Å²) in [5, 5.41) is 9.81. The lowest BCUT2D eigenvalue weighted by atomic mass is 10.1. The molecule has 0 aliphatic carbocycles. The van der Waals surface area contributed by atoms with Crippen molar-refractivity contribution in [1.82, 2.24) is 9.88 Å². The Labute approximate surface area is 142 Å². The Hall–Kier alpha value is -2.12. The maximum Gasteiger partial charge on any atom is 0.305 e. The van der Waals surface area contributed by atoms with Crippen molar-refractivity contribution in [3.05, 3.63) is 40.4 Å². The third-order valence-corrected chi connectivity index (χ3v) is 5.02. The number of aliphatic carboxylic acids is 1. The molecule has 0 spiro atoms. The molecular formula is C16H14N2O3S2. The van der Waals surface area contributed by atoms with Crippen LogP contribution in [0.4, 0.5) is 0 Å². The SMILES string of the molecule is Cc1[nH]c2ccccc2c1C=C1SC(=S)N(CCC(=O)O)C1=O. The molecule has 0 saturated carbocycles. The number of thiocarbonyl (C=S) groups is 1. The quantitative estimate of drug-likeness (QED) is 0.657. The highest BCUT2D eigenvalue weighted by molar-refractivity contribution is 8.26. The first kappa shape index (κ1) is 15.8. The number of aryl methyl sites for hydroxylation is 1. The van der Waals surface area contributed by atoms with Crippen LogP contribution in [0.2, 0.25) is 0 Å². The summed E-state index contributed by atoms with van der Waals surface area (Å²) in [4.78, 5) is 28.3. The van der Waals surface area contributed by atoms with E-state index >= 15 is 0 Å². The molecule has 1 aromatic carbocycles. The average molecular weight is 346 g/mol. The van der Waals surface area contributed by atoms with Gasteiger partial charge in [0.1, 0.15) is 4.32 Å². The molecule has 2 heterocycles. The van der Waals surface area contributed by atoms with Crippen molar-refractivity contribution in [2.75, 3.05) is 6.54 Å². The van der Waals surface area contributed by atoms with Gasteiger partial charge in [0, 0.05) is 28.7 Å². The fourth-order valence-electron chi connectivity index (χ4n) is 2.52. The van der Waals surface area contributed by atoms with Crippen molar-refractivity contribution < 1.29 is 14.7 Å². The Bertz CT molecular complexity index is 854. The predicted molar refractivity (Wildman–Crippen MR) is 95.2 cm³/mol. The first-order chi connectivity index (χ1) is 11.0. The number of fused-ring (bicyclic) bond motifs is 1. The van der Waals surface area contributed by atoms with Crippen LogP contribution in [0.3, 0.4) is 0 Å². The number of nitrogens with zero attached hydrogens (tertiary/aromatic N) is 1. The van der Waals surface area contributed by atoms with E-state index in [1.807, 2.05) is 37.3 Å². The lowest BCUT2D eigenvalue weighted by molar-refractivity contribution is -0.137. The van der Waals surface area contributed by atoms with Crippen LogP contribution in [0.15, 0.2) is 29.2 Å². The summed E-state index contributed by atoms with van der Waals surface area (Å²) in [6, 6.07) is 7.88. The van der Waals surface area contributed by atoms with E-state index in [4.69, 9.17) is 17.3 Å². The van der Waals surface area contributed by atoms with Crippen molar-refractivity contribution in [3.63, 3.8) is 0 Å². The van der Waals surface area contributed by atoms with Gasteiger partial charge in [-0.1, -0.05) is 42.2 Å². The molecule has 118 valence electrons. The Morgan fingerprint density at radius 1 is 1.43 bits per heavy atom. The van der Waals surface area contributed by atoms with Gasteiger partial charge in [0.25, 0.3) is 5.91 Å². The number of hydrogen-bond donors (Lipinski definition) is 2. The van der Waals surface area contributed by atoms with Crippen molar-refractivity contribution in [1.29, 1.82) is 0 Å². The third kappa shape index (κ3) is 3.02. The highest BCUT2D eigenvalue weighted by atomic mass is 32.2. The molecule has 0 unspecified atom stereocenters. The number of carboxylic acids is 1. The second kappa shape index (κ2) is 6.17. The number of carbonyl (C=O) groups excluding carboxylic acids is 1. The highest BCUT2D eigenvalue weighted by Crippen LogP contribution is 2.34. The molecule has 5 nitrogen and oxygen atoms in total. The van der Waals surface area contributed by atoms with Crippen LogP contribution in [0.1, 0.15) is 17.7 Å². The number of carbonyl (C=O) groups is 2. The zero-order valence-corrected chi connectivity index (χ0v) is 14.0. The van der Waals surface area contributed by atoms with Crippen LogP contribution in [-0.4, -0.2) is 37.7 Å². The van der Waals surface area contributed by atoms with Gasteiger partial charge in [-0.3, -0.25) is 14.5 Å². The first-order valence-electron chi connectivity index (χ1n) is 7.02. The Balaban J connectivity index is 1.93. The van der Waals surface area contributed by atoms with E-state index in [2.05, 4.69) is 4.98 Å². The molecule has 1 fully saturated rings. The zero-order chi connectivity index (χ0) is 16.6. The second-order valence-electron chi connectivity index (χ2n) is 5.19. The summed E-state index contributed by atoms with van der Waals surface area (Å²) < 4.78 is 0.403. The van der Waals surface area contributed by atoms with Gasteiger partial charge in [0.05, 0.1) is 11.3 Å². The first-order valence-corrected chi connectivity index (χ1v) is 8.24. The van der Waals surface area contributed by atoms with Crippen LogP contribution >= 0.6 is 24.0 Å². The summed E-state index contributed by atoms with van der Waals surface area (Å²) in [7, 11) is 0. The summed E-state index contributed by atoms with van der Waals surface area (Å²) in [6.45, 7) is 2.06. The van der Waals surface area contributed by atoms with E-state index in [9.17, 15) is 9.59 Å². The lowest BCUT2D eigenvalue weighted by Gasteiger charge is -2.12. The Morgan fingerprint density at radius 2 is 2.17 bits per heavy atom. The molecular weight excluding hydrogens is 332 g/mol. The number of thioether (sulfide) groups is 1. The van der Waals surface area contributed by atoms with Crippen molar-refractivity contribution in [2.45, 2.75) is 13.3 Å². The average Bonchev–Trinajstić information content (AvgIpc) is 2.95. The number of amides is 1. The summed E-state index contributed by atoms with van der Waals surface area (Å²) in [6.07, 6.45) is 1.71. The standard InChI is InChI=1S/C16H14N2O3S2/c1-9-11(10-4-2-3-5-12(10)17-9)8-13-15(21)18(16(22)23-13)7-6-14(19)20/h2-5,8,17H,6-7H2,1H3,(H,19,20). The number of para-hydroxylation sites is 1. The van der Waals surface area contributed by atoms with Gasteiger partial charge < -0.3 is 10.1 Å². The number of hydrogen-bond acceptors (Lipinski definition) is 4. The molecule has 0 bridgehead atoms.